The quantitative estimate of drug-likeness (QED) is 0.925. The Morgan fingerprint density at radius 2 is 2.05 bits per heavy atom. The second-order valence-corrected chi connectivity index (χ2v) is 5.82. The molecular formula is C15H22Cl2N2O. The van der Waals surface area contributed by atoms with Gasteiger partial charge < -0.3 is 10.2 Å². The molecule has 20 heavy (non-hydrogen) atoms. The van der Waals surface area contributed by atoms with Crippen molar-refractivity contribution in [3.63, 3.8) is 0 Å². The minimum atomic E-state index is 0. The van der Waals surface area contributed by atoms with E-state index in [0.717, 1.165) is 18.7 Å². The summed E-state index contributed by atoms with van der Waals surface area (Å²) < 4.78 is 0. The van der Waals surface area contributed by atoms with Crippen LogP contribution in [0.1, 0.15) is 25.5 Å². The van der Waals surface area contributed by atoms with Crippen molar-refractivity contribution >= 4 is 29.9 Å². The zero-order chi connectivity index (χ0) is 14.0. The summed E-state index contributed by atoms with van der Waals surface area (Å²) in [6.07, 6.45) is 0. The second kappa shape index (κ2) is 7.30. The van der Waals surface area contributed by atoms with Crippen LogP contribution in [0.4, 0.5) is 0 Å². The van der Waals surface area contributed by atoms with E-state index in [1.54, 1.807) is 0 Å². The maximum atomic E-state index is 12.4. The Kier molecular flexibility index (Phi) is 6.31. The third-order valence-electron chi connectivity index (χ3n) is 4.17. The Morgan fingerprint density at radius 3 is 2.55 bits per heavy atom. The van der Waals surface area contributed by atoms with Gasteiger partial charge in [-0.1, -0.05) is 30.7 Å². The number of nitrogens with one attached hydrogen (secondary N) is 1. The Balaban J connectivity index is 0.00000200. The van der Waals surface area contributed by atoms with E-state index in [9.17, 15) is 4.79 Å². The first-order chi connectivity index (χ1) is 9.00. The van der Waals surface area contributed by atoms with E-state index >= 15 is 0 Å². The molecule has 1 fully saturated rings. The van der Waals surface area contributed by atoms with Gasteiger partial charge in [0, 0.05) is 18.0 Å². The van der Waals surface area contributed by atoms with Crippen LogP contribution in [0.3, 0.4) is 0 Å². The maximum absolute atomic E-state index is 12.4. The molecule has 1 saturated heterocycles. The summed E-state index contributed by atoms with van der Waals surface area (Å²) in [6.45, 7) is 5.96. The lowest BCUT2D eigenvalue weighted by Gasteiger charge is -2.35. The van der Waals surface area contributed by atoms with E-state index in [2.05, 4.69) is 5.32 Å². The van der Waals surface area contributed by atoms with Crippen LogP contribution in [0.2, 0.25) is 5.02 Å². The summed E-state index contributed by atoms with van der Waals surface area (Å²) in [4.78, 5) is 14.3. The molecule has 1 aliphatic heterocycles. The number of halogens is 2. The van der Waals surface area contributed by atoms with Crippen LogP contribution in [0, 0.1) is 11.8 Å². The Hall–Kier alpha value is -0.770. The molecule has 2 rings (SSSR count). The lowest BCUT2D eigenvalue weighted by molar-refractivity contribution is -0.138. The zero-order valence-electron chi connectivity index (χ0n) is 12.1. The molecule has 0 saturated carbocycles. The van der Waals surface area contributed by atoms with E-state index in [4.69, 9.17) is 11.6 Å². The van der Waals surface area contributed by atoms with Crippen molar-refractivity contribution in [3.8, 4) is 0 Å². The van der Waals surface area contributed by atoms with Crippen molar-refractivity contribution in [2.45, 2.75) is 19.9 Å². The van der Waals surface area contributed by atoms with Crippen molar-refractivity contribution in [1.82, 2.24) is 10.2 Å². The molecule has 0 aromatic heterocycles. The molecule has 0 aliphatic carbocycles. The molecule has 1 amide bonds. The lowest BCUT2D eigenvalue weighted by Crippen LogP contribution is -2.50. The van der Waals surface area contributed by atoms with E-state index in [1.807, 2.05) is 50.1 Å². The Labute approximate surface area is 132 Å². The van der Waals surface area contributed by atoms with Gasteiger partial charge in [0.15, 0.2) is 0 Å². The summed E-state index contributed by atoms with van der Waals surface area (Å²) in [7, 11) is 1.87. The molecule has 5 heteroatoms. The van der Waals surface area contributed by atoms with Gasteiger partial charge in [-0.25, -0.2) is 0 Å². The highest BCUT2D eigenvalue weighted by Gasteiger charge is 2.32. The van der Waals surface area contributed by atoms with E-state index in [0.29, 0.717) is 10.9 Å². The van der Waals surface area contributed by atoms with E-state index in [-0.39, 0.29) is 30.3 Å². The summed E-state index contributed by atoms with van der Waals surface area (Å²) >= 11 is 6.01. The number of carbonyl (C=O) groups is 1. The number of rotatable bonds is 4. The fourth-order valence-corrected chi connectivity index (χ4v) is 2.57. The van der Waals surface area contributed by atoms with Crippen LogP contribution in [0.15, 0.2) is 24.3 Å². The molecule has 1 heterocycles. The van der Waals surface area contributed by atoms with Gasteiger partial charge in [-0.3, -0.25) is 4.79 Å². The van der Waals surface area contributed by atoms with E-state index in [1.165, 1.54) is 0 Å². The first-order valence-electron chi connectivity index (χ1n) is 6.73. The molecule has 1 aliphatic rings. The molecule has 1 aromatic rings. The van der Waals surface area contributed by atoms with Crippen molar-refractivity contribution in [3.05, 3.63) is 34.9 Å². The van der Waals surface area contributed by atoms with Crippen LogP contribution in [-0.4, -0.2) is 30.9 Å². The van der Waals surface area contributed by atoms with Crippen molar-refractivity contribution in [2.75, 3.05) is 20.1 Å². The molecule has 112 valence electrons. The number of benzene rings is 1. The summed E-state index contributed by atoms with van der Waals surface area (Å²) in [5.41, 5.74) is 1.07. The molecule has 1 N–H and O–H groups in total. The van der Waals surface area contributed by atoms with Gasteiger partial charge in [0.05, 0.1) is 6.04 Å². The summed E-state index contributed by atoms with van der Waals surface area (Å²) in [5.74, 6) is 0.758. The molecule has 2 atom stereocenters. The third-order valence-corrected chi connectivity index (χ3v) is 4.40. The summed E-state index contributed by atoms with van der Waals surface area (Å²) in [6, 6.07) is 7.75. The minimum Gasteiger partial charge on any atom is -0.339 e. The highest BCUT2D eigenvalue weighted by Crippen LogP contribution is 2.25. The van der Waals surface area contributed by atoms with Crippen LogP contribution in [-0.2, 0) is 4.79 Å². The first kappa shape index (κ1) is 17.3. The SMILES string of the molecule is CC(C(=O)N(C)C(C)c1cccc(Cl)c1)C1CNC1.Cl. The monoisotopic (exact) mass is 316 g/mol. The number of amides is 1. The number of hydrogen-bond acceptors (Lipinski definition) is 2. The smallest absolute Gasteiger partial charge is 0.226 e. The van der Waals surface area contributed by atoms with Gasteiger partial charge in [0.1, 0.15) is 0 Å². The predicted octanol–water partition coefficient (Wildman–Crippen LogP) is 3.14. The van der Waals surface area contributed by atoms with Gasteiger partial charge in [0.25, 0.3) is 0 Å². The van der Waals surface area contributed by atoms with Crippen LogP contribution in [0.5, 0.6) is 0 Å². The fraction of sp³-hybridized carbons (Fsp3) is 0.533. The average Bonchev–Trinajstić information content (AvgIpc) is 2.34. The second-order valence-electron chi connectivity index (χ2n) is 5.39. The van der Waals surface area contributed by atoms with Crippen LogP contribution in [0.25, 0.3) is 0 Å². The number of carbonyl (C=O) groups excluding carboxylic acids is 1. The molecule has 2 unspecified atom stereocenters. The molecule has 0 spiro atoms. The molecule has 3 nitrogen and oxygen atoms in total. The normalized spacial score (nSPS) is 17.6. The van der Waals surface area contributed by atoms with Gasteiger partial charge in [0.2, 0.25) is 5.91 Å². The summed E-state index contributed by atoms with van der Waals surface area (Å²) in [5, 5.41) is 3.93. The Bertz CT molecular complexity index is 463. The molecular weight excluding hydrogens is 295 g/mol. The highest BCUT2D eigenvalue weighted by atomic mass is 35.5. The van der Waals surface area contributed by atoms with Crippen LogP contribution < -0.4 is 5.32 Å². The van der Waals surface area contributed by atoms with Crippen molar-refractivity contribution in [2.24, 2.45) is 11.8 Å². The highest BCUT2D eigenvalue weighted by molar-refractivity contribution is 6.30. The predicted molar refractivity (Wildman–Crippen MR) is 85.4 cm³/mol. The van der Waals surface area contributed by atoms with Crippen molar-refractivity contribution < 1.29 is 4.79 Å². The Morgan fingerprint density at radius 1 is 1.40 bits per heavy atom. The fourth-order valence-electron chi connectivity index (χ4n) is 2.37. The maximum Gasteiger partial charge on any atom is 0.226 e. The largest absolute Gasteiger partial charge is 0.339 e. The minimum absolute atomic E-state index is 0. The van der Waals surface area contributed by atoms with Gasteiger partial charge in [-0.2, -0.15) is 0 Å². The lowest BCUT2D eigenvalue weighted by atomic mass is 9.87. The topological polar surface area (TPSA) is 32.3 Å². The zero-order valence-corrected chi connectivity index (χ0v) is 13.7. The molecule has 1 aromatic carbocycles. The average molecular weight is 317 g/mol. The van der Waals surface area contributed by atoms with Gasteiger partial charge >= 0.3 is 0 Å². The number of nitrogens with zero attached hydrogens (tertiary/aromatic N) is 1. The van der Waals surface area contributed by atoms with E-state index < -0.39 is 0 Å². The standard InChI is InChI=1S/C15H21ClN2O.ClH/c1-10(13-8-17-9-13)15(19)18(3)11(2)12-5-4-6-14(16)7-12;/h4-7,10-11,13,17H,8-9H2,1-3H3;1H. The number of hydrogen-bond donors (Lipinski definition) is 1. The molecule has 0 radical (unpaired) electrons. The van der Waals surface area contributed by atoms with Gasteiger partial charge in [-0.15, -0.1) is 12.4 Å². The van der Waals surface area contributed by atoms with Gasteiger partial charge in [-0.05, 0) is 43.6 Å². The first-order valence-corrected chi connectivity index (χ1v) is 7.11. The van der Waals surface area contributed by atoms with Crippen LogP contribution >= 0.6 is 24.0 Å². The third kappa shape index (κ3) is 3.66. The molecule has 0 bridgehead atoms. The van der Waals surface area contributed by atoms with Crippen molar-refractivity contribution in [1.29, 1.82) is 0 Å².